The van der Waals surface area contributed by atoms with E-state index in [1.54, 1.807) is 6.07 Å². The van der Waals surface area contributed by atoms with Crippen LogP contribution in [0.15, 0.2) is 35.4 Å². The number of carbonyl (C=O) groups is 1. The topological polar surface area (TPSA) is 84.1 Å². The van der Waals surface area contributed by atoms with Crippen LogP contribution in [0, 0.1) is 6.92 Å². The lowest BCUT2D eigenvalue weighted by atomic mass is 10.1. The first-order valence-corrected chi connectivity index (χ1v) is 6.07. The van der Waals surface area contributed by atoms with Gasteiger partial charge in [0, 0.05) is 6.07 Å². The second-order valence-corrected chi connectivity index (χ2v) is 4.24. The van der Waals surface area contributed by atoms with Crippen LogP contribution >= 0.6 is 0 Å². The number of aromatic amines is 1. The Morgan fingerprint density at radius 3 is 2.95 bits per heavy atom. The van der Waals surface area contributed by atoms with Gasteiger partial charge in [-0.3, -0.25) is 9.59 Å². The first kappa shape index (κ1) is 13.8. The maximum atomic E-state index is 12.2. The van der Waals surface area contributed by atoms with Gasteiger partial charge < -0.3 is 15.0 Å². The highest BCUT2D eigenvalue weighted by atomic mass is 16.5. The molecule has 2 rings (SSSR count). The van der Waals surface area contributed by atoms with E-state index in [0.717, 1.165) is 5.56 Å². The van der Waals surface area contributed by atoms with Gasteiger partial charge in [0.1, 0.15) is 5.75 Å². The van der Waals surface area contributed by atoms with Gasteiger partial charge >= 0.3 is 0 Å². The fourth-order valence-electron chi connectivity index (χ4n) is 1.87. The maximum Gasteiger partial charge on any atom is 0.255 e. The van der Waals surface area contributed by atoms with Crippen molar-refractivity contribution < 1.29 is 9.53 Å². The lowest BCUT2D eigenvalue weighted by molar-refractivity contribution is 0.0946. The summed E-state index contributed by atoms with van der Waals surface area (Å²) in [5.74, 6) is 0.253. The van der Waals surface area contributed by atoms with Crippen LogP contribution in [-0.2, 0) is 6.54 Å². The fraction of sp³-hybridized carbons (Fsp3) is 0.214. The second-order valence-electron chi connectivity index (χ2n) is 4.24. The van der Waals surface area contributed by atoms with E-state index in [4.69, 9.17) is 4.74 Å². The van der Waals surface area contributed by atoms with Crippen molar-refractivity contribution >= 4 is 5.91 Å². The molecule has 0 fully saturated rings. The third kappa shape index (κ3) is 3.03. The van der Waals surface area contributed by atoms with E-state index in [9.17, 15) is 9.59 Å². The molecule has 0 saturated carbocycles. The Labute approximate surface area is 115 Å². The Morgan fingerprint density at radius 2 is 2.25 bits per heavy atom. The zero-order valence-electron chi connectivity index (χ0n) is 11.3. The van der Waals surface area contributed by atoms with E-state index in [1.165, 1.54) is 19.5 Å². The van der Waals surface area contributed by atoms with Crippen molar-refractivity contribution in [2.75, 3.05) is 7.11 Å². The molecule has 104 valence electrons. The third-order valence-corrected chi connectivity index (χ3v) is 2.85. The zero-order chi connectivity index (χ0) is 14.5. The van der Waals surface area contributed by atoms with Crippen molar-refractivity contribution in [3.05, 3.63) is 57.8 Å². The van der Waals surface area contributed by atoms with E-state index < -0.39 is 0 Å². The van der Waals surface area contributed by atoms with Crippen LogP contribution < -0.4 is 15.6 Å². The molecule has 0 bridgehead atoms. The number of ether oxygens (including phenoxy) is 1. The van der Waals surface area contributed by atoms with Crippen LogP contribution in [0.1, 0.15) is 21.6 Å². The highest BCUT2D eigenvalue weighted by Crippen LogP contribution is 2.21. The molecule has 1 aromatic carbocycles. The Kier molecular flexibility index (Phi) is 4.14. The van der Waals surface area contributed by atoms with Crippen molar-refractivity contribution in [3.8, 4) is 5.75 Å². The summed E-state index contributed by atoms with van der Waals surface area (Å²) in [6, 6.07) is 6.73. The summed E-state index contributed by atoms with van der Waals surface area (Å²) in [6.45, 7) is 2.02. The molecule has 0 radical (unpaired) electrons. The van der Waals surface area contributed by atoms with Crippen LogP contribution in [0.25, 0.3) is 0 Å². The van der Waals surface area contributed by atoms with Gasteiger partial charge in [-0.1, -0.05) is 12.1 Å². The minimum Gasteiger partial charge on any atom is -0.496 e. The molecular weight excluding hydrogens is 258 g/mol. The van der Waals surface area contributed by atoms with Crippen LogP contribution in [0.4, 0.5) is 0 Å². The number of nitrogens with zero attached hydrogens (tertiary/aromatic N) is 1. The minimum atomic E-state index is -0.262. The molecule has 2 N–H and O–H groups in total. The van der Waals surface area contributed by atoms with E-state index in [-0.39, 0.29) is 18.0 Å². The van der Waals surface area contributed by atoms with Gasteiger partial charge in [0.2, 0.25) is 0 Å². The molecule has 0 aliphatic heterocycles. The number of methoxy groups -OCH3 is 1. The quantitative estimate of drug-likeness (QED) is 0.871. The molecule has 6 nitrogen and oxygen atoms in total. The number of nitrogens with one attached hydrogen (secondary N) is 2. The minimum absolute atomic E-state index is 0.181. The largest absolute Gasteiger partial charge is 0.496 e. The summed E-state index contributed by atoms with van der Waals surface area (Å²) < 4.78 is 5.19. The first-order chi connectivity index (χ1) is 9.61. The molecule has 0 aliphatic carbocycles. The van der Waals surface area contributed by atoms with Gasteiger partial charge in [-0.2, -0.15) is 0 Å². The predicted molar refractivity (Wildman–Crippen MR) is 73.8 cm³/mol. The number of aryl methyl sites for hydroxylation is 1. The monoisotopic (exact) mass is 273 g/mol. The second kappa shape index (κ2) is 6.01. The molecule has 1 amide bonds. The van der Waals surface area contributed by atoms with Crippen molar-refractivity contribution in [1.29, 1.82) is 0 Å². The van der Waals surface area contributed by atoms with Crippen molar-refractivity contribution in [1.82, 2.24) is 15.3 Å². The number of H-pyrrole nitrogens is 1. The molecule has 1 aromatic heterocycles. The maximum absolute atomic E-state index is 12.2. The standard InChI is InChI=1S/C14H15N3O3/c1-9-4-3-5-11(20-2)13(9)14(19)15-7-10-6-12(18)17-8-16-10/h3-6,8H,7H2,1-2H3,(H,15,19)(H,16,17,18). The van der Waals surface area contributed by atoms with Crippen LogP contribution in [0.3, 0.4) is 0 Å². The number of carbonyl (C=O) groups excluding carboxylic acids is 1. The molecule has 20 heavy (non-hydrogen) atoms. The molecule has 0 saturated heterocycles. The normalized spacial score (nSPS) is 10.1. The van der Waals surface area contributed by atoms with E-state index >= 15 is 0 Å². The number of rotatable bonds is 4. The van der Waals surface area contributed by atoms with Crippen LogP contribution in [-0.4, -0.2) is 23.0 Å². The Bertz CT molecular complexity index is 679. The molecule has 0 spiro atoms. The smallest absolute Gasteiger partial charge is 0.255 e. The van der Waals surface area contributed by atoms with Gasteiger partial charge in [0.05, 0.1) is 31.2 Å². The summed E-state index contributed by atoms with van der Waals surface area (Å²) in [4.78, 5) is 29.7. The predicted octanol–water partition coefficient (Wildman–Crippen LogP) is 1.02. The number of hydrogen-bond donors (Lipinski definition) is 2. The first-order valence-electron chi connectivity index (χ1n) is 6.07. The Balaban J connectivity index is 2.15. The zero-order valence-corrected chi connectivity index (χ0v) is 11.3. The fourth-order valence-corrected chi connectivity index (χ4v) is 1.87. The summed E-state index contributed by atoms with van der Waals surface area (Å²) in [5.41, 5.74) is 1.55. The third-order valence-electron chi connectivity index (χ3n) is 2.85. The SMILES string of the molecule is COc1cccc(C)c1C(=O)NCc1cc(=O)[nH]cn1. The summed E-state index contributed by atoms with van der Waals surface area (Å²) in [5, 5.41) is 2.72. The molecule has 6 heteroatoms. The van der Waals surface area contributed by atoms with Gasteiger partial charge in [0.15, 0.2) is 0 Å². The molecule has 2 aromatic rings. The highest BCUT2D eigenvalue weighted by molar-refractivity contribution is 5.98. The van der Waals surface area contributed by atoms with Crippen LogP contribution in [0.2, 0.25) is 0 Å². The number of benzene rings is 1. The van der Waals surface area contributed by atoms with Crippen molar-refractivity contribution in [2.45, 2.75) is 13.5 Å². The molecular formula is C14H15N3O3. The highest BCUT2D eigenvalue weighted by Gasteiger charge is 2.14. The summed E-state index contributed by atoms with van der Waals surface area (Å²) in [6.07, 6.45) is 1.30. The number of aromatic nitrogens is 2. The van der Waals surface area contributed by atoms with E-state index in [0.29, 0.717) is 17.0 Å². The van der Waals surface area contributed by atoms with Crippen molar-refractivity contribution in [3.63, 3.8) is 0 Å². The Morgan fingerprint density at radius 1 is 1.45 bits per heavy atom. The number of amides is 1. The molecule has 0 aliphatic rings. The van der Waals surface area contributed by atoms with Crippen LogP contribution in [0.5, 0.6) is 5.75 Å². The summed E-state index contributed by atoms with van der Waals surface area (Å²) >= 11 is 0. The van der Waals surface area contributed by atoms with Crippen molar-refractivity contribution in [2.24, 2.45) is 0 Å². The lowest BCUT2D eigenvalue weighted by Gasteiger charge is -2.11. The average Bonchev–Trinajstić information content (AvgIpc) is 2.44. The van der Waals surface area contributed by atoms with Gasteiger partial charge in [-0.25, -0.2) is 4.98 Å². The molecule has 0 unspecified atom stereocenters. The van der Waals surface area contributed by atoms with Gasteiger partial charge in [-0.05, 0) is 18.6 Å². The Hall–Kier alpha value is -2.63. The van der Waals surface area contributed by atoms with E-state index in [1.807, 2.05) is 19.1 Å². The van der Waals surface area contributed by atoms with Gasteiger partial charge in [0.25, 0.3) is 11.5 Å². The lowest BCUT2D eigenvalue weighted by Crippen LogP contribution is -2.25. The molecule has 1 heterocycles. The van der Waals surface area contributed by atoms with E-state index in [2.05, 4.69) is 15.3 Å². The van der Waals surface area contributed by atoms with Gasteiger partial charge in [-0.15, -0.1) is 0 Å². The number of hydrogen-bond acceptors (Lipinski definition) is 4. The summed E-state index contributed by atoms with van der Waals surface area (Å²) in [7, 11) is 1.52. The molecule has 0 atom stereocenters. The average molecular weight is 273 g/mol.